The molecule has 0 unspecified atom stereocenters. The standard InChI is InChI=1S/C27H31N7O4/c1-17-13-19-15-21(26(35)28-22(19)14-18(17)2)24(25-29-30-31-34(25)16-20-5-3-11-37-20)32-7-9-33(10-8-32)27(36)23-6-4-12-38-23/h4,6,12-15,20,24H,3,5,7-11,16H2,1-2H3,(H,28,35)/t20-,24+/m1/s1. The summed E-state index contributed by atoms with van der Waals surface area (Å²) in [5.41, 5.74) is 3.48. The molecule has 2 fully saturated rings. The second-order valence-electron chi connectivity index (χ2n) is 10.1. The van der Waals surface area contributed by atoms with Crippen molar-refractivity contribution in [1.29, 1.82) is 0 Å². The highest BCUT2D eigenvalue weighted by molar-refractivity contribution is 5.91. The van der Waals surface area contributed by atoms with Crippen molar-refractivity contribution < 1.29 is 13.9 Å². The molecule has 6 rings (SSSR count). The molecule has 1 amide bonds. The zero-order valence-electron chi connectivity index (χ0n) is 21.6. The van der Waals surface area contributed by atoms with Crippen LogP contribution in [-0.4, -0.2) is 79.8 Å². The van der Waals surface area contributed by atoms with E-state index in [0.29, 0.717) is 49.9 Å². The molecule has 2 atom stereocenters. The van der Waals surface area contributed by atoms with Gasteiger partial charge in [-0.25, -0.2) is 4.68 Å². The van der Waals surface area contributed by atoms with Crippen molar-refractivity contribution in [2.75, 3.05) is 32.8 Å². The summed E-state index contributed by atoms with van der Waals surface area (Å²) in [5.74, 6) is 0.788. The van der Waals surface area contributed by atoms with Crippen LogP contribution >= 0.6 is 0 Å². The minimum atomic E-state index is -0.484. The van der Waals surface area contributed by atoms with Crippen LogP contribution in [0.5, 0.6) is 0 Å². The first kappa shape index (κ1) is 24.5. The SMILES string of the molecule is Cc1cc2cc([C@@H](c3nnnn3C[C@H]3CCCO3)N3CCN(C(=O)c4ccco4)CC3)c(=O)[nH]c2cc1C. The maximum Gasteiger partial charge on any atom is 0.289 e. The van der Waals surface area contributed by atoms with Gasteiger partial charge in [-0.15, -0.1) is 5.10 Å². The Morgan fingerprint density at radius 2 is 1.97 bits per heavy atom. The van der Waals surface area contributed by atoms with E-state index in [1.165, 1.54) is 6.26 Å². The summed E-state index contributed by atoms with van der Waals surface area (Å²) in [6.45, 7) is 7.45. The van der Waals surface area contributed by atoms with Gasteiger partial charge in [-0.3, -0.25) is 14.5 Å². The first-order valence-electron chi connectivity index (χ1n) is 13.1. The molecule has 0 radical (unpaired) electrons. The third kappa shape index (κ3) is 4.63. The maximum atomic E-state index is 13.5. The molecule has 2 saturated heterocycles. The molecule has 4 aromatic rings. The highest BCUT2D eigenvalue weighted by Gasteiger charge is 2.34. The fourth-order valence-electron chi connectivity index (χ4n) is 5.45. The molecule has 3 aromatic heterocycles. The normalized spacial score (nSPS) is 19.3. The minimum absolute atomic E-state index is 0.0428. The van der Waals surface area contributed by atoms with Crippen molar-refractivity contribution in [2.45, 2.75) is 45.4 Å². The van der Waals surface area contributed by atoms with Gasteiger partial charge in [0.2, 0.25) is 0 Å². The second kappa shape index (κ2) is 10.1. The Hall–Kier alpha value is -3.83. The molecule has 1 N–H and O–H groups in total. The van der Waals surface area contributed by atoms with Crippen molar-refractivity contribution in [3.05, 3.63) is 75.2 Å². The number of carbonyl (C=O) groups excluding carboxylic acids is 1. The number of piperazine rings is 1. The van der Waals surface area contributed by atoms with Crippen molar-refractivity contribution >= 4 is 16.8 Å². The number of benzene rings is 1. The van der Waals surface area contributed by atoms with Crippen LogP contribution in [0, 0.1) is 13.8 Å². The number of nitrogens with one attached hydrogen (secondary N) is 1. The third-order valence-corrected chi connectivity index (χ3v) is 7.69. The second-order valence-corrected chi connectivity index (χ2v) is 10.1. The number of amides is 1. The fraction of sp³-hybridized carbons (Fsp3) is 0.444. The van der Waals surface area contributed by atoms with Crippen LogP contribution in [0.15, 0.2) is 45.8 Å². The summed E-state index contributed by atoms with van der Waals surface area (Å²) >= 11 is 0. The van der Waals surface area contributed by atoms with Crippen molar-refractivity contribution in [3.8, 4) is 0 Å². The number of pyridine rings is 1. The van der Waals surface area contributed by atoms with Gasteiger partial charge in [0, 0.05) is 43.9 Å². The van der Waals surface area contributed by atoms with Crippen LogP contribution in [0.2, 0.25) is 0 Å². The number of ether oxygens (including phenoxy) is 1. The van der Waals surface area contributed by atoms with Crippen LogP contribution in [0.4, 0.5) is 0 Å². The lowest BCUT2D eigenvalue weighted by atomic mass is 10.00. The van der Waals surface area contributed by atoms with E-state index >= 15 is 0 Å². The van der Waals surface area contributed by atoms with E-state index in [0.717, 1.165) is 41.5 Å². The van der Waals surface area contributed by atoms with Gasteiger partial charge in [-0.05, 0) is 84.0 Å². The van der Waals surface area contributed by atoms with Gasteiger partial charge in [0.25, 0.3) is 11.5 Å². The molecular weight excluding hydrogens is 486 g/mol. The van der Waals surface area contributed by atoms with Crippen LogP contribution in [0.25, 0.3) is 10.9 Å². The van der Waals surface area contributed by atoms with E-state index in [2.05, 4.69) is 38.4 Å². The van der Waals surface area contributed by atoms with E-state index < -0.39 is 6.04 Å². The van der Waals surface area contributed by atoms with Crippen molar-refractivity contribution in [1.82, 2.24) is 35.0 Å². The number of H-pyrrole nitrogens is 1. The molecule has 11 nitrogen and oxygen atoms in total. The number of hydrogen-bond acceptors (Lipinski definition) is 8. The van der Waals surface area contributed by atoms with Gasteiger partial charge in [-0.1, -0.05) is 0 Å². The van der Waals surface area contributed by atoms with Crippen LogP contribution in [-0.2, 0) is 11.3 Å². The van der Waals surface area contributed by atoms with Crippen molar-refractivity contribution in [3.63, 3.8) is 0 Å². The molecular formula is C27H31N7O4. The number of fused-ring (bicyclic) bond motifs is 1. The lowest BCUT2D eigenvalue weighted by Crippen LogP contribution is -2.50. The number of furan rings is 1. The molecule has 0 saturated carbocycles. The van der Waals surface area contributed by atoms with E-state index in [9.17, 15) is 9.59 Å². The molecule has 198 valence electrons. The Morgan fingerprint density at radius 1 is 1.16 bits per heavy atom. The zero-order valence-corrected chi connectivity index (χ0v) is 21.6. The molecule has 38 heavy (non-hydrogen) atoms. The number of aromatic nitrogens is 5. The quantitative estimate of drug-likeness (QED) is 0.414. The number of nitrogens with zero attached hydrogens (tertiary/aromatic N) is 6. The predicted molar refractivity (Wildman–Crippen MR) is 139 cm³/mol. The summed E-state index contributed by atoms with van der Waals surface area (Å²) < 4.78 is 12.9. The summed E-state index contributed by atoms with van der Waals surface area (Å²) in [6.07, 6.45) is 3.51. The van der Waals surface area contributed by atoms with Crippen molar-refractivity contribution in [2.24, 2.45) is 0 Å². The van der Waals surface area contributed by atoms with Gasteiger partial charge in [-0.2, -0.15) is 0 Å². The number of rotatable bonds is 6. The van der Waals surface area contributed by atoms with Gasteiger partial charge >= 0.3 is 0 Å². The monoisotopic (exact) mass is 517 g/mol. The molecule has 5 heterocycles. The summed E-state index contributed by atoms with van der Waals surface area (Å²) in [6, 6.07) is 8.96. The van der Waals surface area contributed by atoms with Crippen LogP contribution in [0.1, 0.15) is 52.0 Å². The predicted octanol–water partition coefficient (Wildman–Crippen LogP) is 2.45. The lowest BCUT2D eigenvalue weighted by Gasteiger charge is -2.38. The number of aromatic amines is 1. The van der Waals surface area contributed by atoms with Gasteiger partial charge in [0.15, 0.2) is 11.6 Å². The number of hydrogen-bond donors (Lipinski definition) is 1. The Bertz CT molecular complexity index is 1500. The molecule has 1 aromatic carbocycles. The number of aryl methyl sites for hydroxylation is 2. The largest absolute Gasteiger partial charge is 0.459 e. The Labute approximate surface area is 219 Å². The molecule has 2 aliphatic rings. The van der Waals surface area contributed by atoms with Crippen LogP contribution in [0.3, 0.4) is 0 Å². The lowest BCUT2D eigenvalue weighted by molar-refractivity contribution is 0.0550. The summed E-state index contributed by atoms with van der Waals surface area (Å²) in [5, 5.41) is 13.6. The van der Waals surface area contributed by atoms with Gasteiger partial charge in [0.05, 0.1) is 18.9 Å². The summed E-state index contributed by atoms with van der Waals surface area (Å²) in [4.78, 5) is 33.4. The Balaban J connectivity index is 1.36. The fourth-order valence-corrected chi connectivity index (χ4v) is 5.45. The average Bonchev–Trinajstić information content (AvgIpc) is 3.70. The zero-order chi connectivity index (χ0) is 26.2. The molecule has 0 aliphatic carbocycles. The van der Waals surface area contributed by atoms with E-state index in [1.54, 1.807) is 21.7 Å². The van der Waals surface area contributed by atoms with E-state index in [4.69, 9.17) is 9.15 Å². The molecule has 11 heteroatoms. The smallest absolute Gasteiger partial charge is 0.289 e. The number of tetrazole rings is 1. The Morgan fingerprint density at radius 3 is 2.71 bits per heavy atom. The average molecular weight is 518 g/mol. The highest BCUT2D eigenvalue weighted by atomic mass is 16.5. The molecule has 2 aliphatic heterocycles. The molecule has 0 spiro atoms. The molecule has 0 bridgehead atoms. The summed E-state index contributed by atoms with van der Waals surface area (Å²) in [7, 11) is 0. The first-order valence-corrected chi connectivity index (χ1v) is 13.1. The van der Waals surface area contributed by atoms with E-state index in [1.807, 2.05) is 19.1 Å². The topological polar surface area (TPSA) is 122 Å². The van der Waals surface area contributed by atoms with E-state index in [-0.39, 0.29) is 17.6 Å². The highest BCUT2D eigenvalue weighted by Crippen LogP contribution is 2.29. The third-order valence-electron chi connectivity index (χ3n) is 7.69. The first-order chi connectivity index (χ1) is 18.5. The minimum Gasteiger partial charge on any atom is -0.459 e. The van der Waals surface area contributed by atoms with Gasteiger partial charge in [0.1, 0.15) is 6.04 Å². The van der Waals surface area contributed by atoms with Crippen LogP contribution < -0.4 is 5.56 Å². The Kier molecular flexibility index (Phi) is 6.54. The van der Waals surface area contributed by atoms with Gasteiger partial charge < -0.3 is 19.0 Å². The maximum absolute atomic E-state index is 13.5. The number of carbonyl (C=O) groups is 1.